The van der Waals surface area contributed by atoms with Crippen molar-refractivity contribution >= 4 is 16.6 Å². The summed E-state index contributed by atoms with van der Waals surface area (Å²) in [4.78, 5) is 3.76. The van der Waals surface area contributed by atoms with Crippen LogP contribution < -0.4 is 5.32 Å². The molecule has 1 aromatic heterocycles. The third kappa shape index (κ3) is 3.04. The third-order valence-electron chi connectivity index (χ3n) is 6.23. The van der Waals surface area contributed by atoms with E-state index >= 15 is 0 Å². The topological polar surface area (TPSA) is 21.3 Å². The lowest BCUT2D eigenvalue weighted by molar-refractivity contribution is 0.472. The quantitative estimate of drug-likeness (QED) is 0.427. The van der Waals surface area contributed by atoms with E-state index in [2.05, 4.69) is 77.3 Å². The fraction of sp³-hybridized carbons (Fsp3) is 0.320. The van der Waals surface area contributed by atoms with Crippen LogP contribution in [0.2, 0.25) is 0 Å². The van der Waals surface area contributed by atoms with E-state index in [1.54, 1.807) is 0 Å². The van der Waals surface area contributed by atoms with E-state index in [9.17, 15) is 0 Å². The van der Waals surface area contributed by atoms with Crippen molar-refractivity contribution in [3.05, 3.63) is 76.8 Å². The lowest BCUT2D eigenvalue weighted by Gasteiger charge is -2.24. The van der Waals surface area contributed by atoms with Crippen LogP contribution in [0.5, 0.6) is 0 Å². The van der Waals surface area contributed by atoms with E-state index in [1.807, 2.05) is 14.0 Å². The molecule has 0 aliphatic heterocycles. The molecule has 3 nitrogen and oxygen atoms in total. The van der Waals surface area contributed by atoms with Gasteiger partial charge in [0.15, 0.2) is 5.69 Å². The SMILES string of the molecule is [C-]#[N+]c1cc2c(-c3cccc(C)c3C)cn(C3C=CC(NC)CC3)c2cc1C. The van der Waals surface area contributed by atoms with Gasteiger partial charge >= 0.3 is 0 Å². The summed E-state index contributed by atoms with van der Waals surface area (Å²) in [5, 5.41) is 4.53. The molecule has 3 heteroatoms. The van der Waals surface area contributed by atoms with Crippen LogP contribution >= 0.6 is 0 Å². The van der Waals surface area contributed by atoms with Crippen LogP contribution in [0.25, 0.3) is 26.9 Å². The van der Waals surface area contributed by atoms with E-state index in [-0.39, 0.29) is 0 Å². The second-order valence-electron chi connectivity index (χ2n) is 7.89. The highest BCUT2D eigenvalue weighted by Gasteiger charge is 2.21. The molecule has 1 N–H and O–H groups in total. The monoisotopic (exact) mass is 369 g/mol. The molecule has 0 saturated heterocycles. The lowest BCUT2D eigenvalue weighted by atomic mass is 9.96. The number of hydrogen-bond donors (Lipinski definition) is 1. The van der Waals surface area contributed by atoms with Crippen LogP contribution in [0.1, 0.15) is 35.6 Å². The molecule has 1 aliphatic rings. The predicted molar refractivity (Wildman–Crippen MR) is 118 cm³/mol. The highest BCUT2D eigenvalue weighted by atomic mass is 15.0. The van der Waals surface area contributed by atoms with Gasteiger partial charge in [-0.3, -0.25) is 0 Å². The van der Waals surface area contributed by atoms with E-state index in [4.69, 9.17) is 6.57 Å². The second-order valence-corrected chi connectivity index (χ2v) is 7.89. The molecule has 0 amide bonds. The first kappa shape index (κ1) is 18.5. The molecule has 3 aromatic rings. The van der Waals surface area contributed by atoms with Crippen molar-refractivity contribution in [3.63, 3.8) is 0 Å². The van der Waals surface area contributed by atoms with Gasteiger partial charge in [0.1, 0.15) is 0 Å². The molecule has 2 aromatic carbocycles. The molecule has 0 radical (unpaired) electrons. The fourth-order valence-electron chi connectivity index (χ4n) is 4.32. The number of aromatic nitrogens is 1. The number of likely N-dealkylation sites (N-methyl/N-ethyl adjacent to an activating group) is 1. The zero-order chi connectivity index (χ0) is 19.8. The van der Waals surface area contributed by atoms with Gasteiger partial charge in [-0.1, -0.05) is 30.4 Å². The van der Waals surface area contributed by atoms with Gasteiger partial charge in [-0.15, -0.1) is 0 Å². The summed E-state index contributed by atoms with van der Waals surface area (Å²) in [6, 6.07) is 11.6. The van der Waals surface area contributed by atoms with Gasteiger partial charge in [-0.25, -0.2) is 4.85 Å². The summed E-state index contributed by atoms with van der Waals surface area (Å²) in [6.45, 7) is 13.9. The summed E-state index contributed by atoms with van der Waals surface area (Å²) in [6.07, 6.45) is 9.16. The standard InChI is InChI=1S/C25H27N3/c1-16-7-6-8-21(18(16)3)23-15-28(20-11-9-19(26-4)10-12-20)25-13-17(2)24(27-5)14-22(23)25/h6-9,11,13-15,19-20,26H,10,12H2,1-4H3. The number of allylic oxidation sites excluding steroid dienone is 1. The molecule has 0 spiro atoms. The van der Waals surface area contributed by atoms with Gasteiger partial charge in [0.05, 0.1) is 12.6 Å². The summed E-state index contributed by atoms with van der Waals surface area (Å²) in [5.41, 5.74) is 8.10. The van der Waals surface area contributed by atoms with Crippen molar-refractivity contribution in [2.75, 3.05) is 7.05 Å². The molecule has 0 fully saturated rings. The normalized spacial score (nSPS) is 19.1. The minimum atomic E-state index is 0.351. The third-order valence-corrected chi connectivity index (χ3v) is 6.23. The van der Waals surface area contributed by atoms with Gasteiger partial charge in [-0.05, 0) is 80.4 Å². The van der Waals surface area contributed by atoms with Gasteiger partial charge in [-0.2, -0.15) is 0 Å². The largest absolute Gasteiger partial charge is 0.340 e. The van der Waals surface area contributed by atoms with Crippen LogP contribution in [0.3, 0.4) is 0 Å². The van der Waals surface area contributed by atoms with Crippen molar-refractivity contribution in [3.8, 4) is 11.1 Å². The Morgan fingerprint density at radius 1 is 1.04 bits per heavy atom. The lowest BCUT2D eigenvalue weighted by Crippen LogP contribution is -2.26. The maximum Gasteiger partial charge on any atom is 0.190 e. The minimum Gasteiger partial charge on any atom is -0.340 e. The summed E-state index contributed by atoms with van der Waals surface area (Å²) in [7, 11) is 2.02. The Hall–Kier alpha value is -2.83. The Morgan fingerprint density at radius 2 is 1.86 bits per heavy atom. The maximum absolute atomic E-state index is 7.56. The van der Waals surface area contributed by atoms with E-state index < -0.39 is 0 Å². The Morgan fingerprint density at radius 3 is 2.54 bits per heavy atom. The van der Waals surface area contributed by atoms with Crippen molar-refractivity contribution in [1.82, 2.24) is 9.88 Å². The molecule has 1 heterocycles. The molecular weight excluding hydrogens is 342 g/mol. The summed E-state index contributed by atoms with van der Waals surface area (Å²) < 4.78 is 2.41. The number of rotatable bonds is 3. The zero-order valence-electron chi connectivity index (χ0n) is 17.1. The van der Waals surface area contributed by atoms with Crippen molar-refractivity contribution in [2.45, 2.75) is 45.7 Å². The van der Waals surface area contributed by atoms with Crippen LogP contribution in [-0.4, -0.2) is 17.7 Å². The number of nitrogens with one attached hydrogen (secondary N) is 1. The highest BCUT2D eigenvalue weighted by molar-refractivity contribution is 5.99. The molecule has 142 valence electrons. The zero-order valence-corrected chi connectivity index (χ0v) is 17.1. The van der Waals surface area contributed by atoms with E-state index in [0.717, 1.165) is 24.1 Å². The average molecular weight is 370 g/mol. The van der Waals surface area contributed by atoms with Crippen molar-refractivity contribution < 1.29 is 0 Å². The van der Waals surface area contributed by atoms with Gasteiger partial charge in [0.25, 0.3) is 0 Å². The van der Waals surface area contributed by atoms with Crippen molar-refractivity contribution in [2.24, 2.45) is 0 Å². The Bertz CT molecular complexity index is 1110. The molecule has 28 heavy (non-hydrogen) atoms. The van der Waals surface area contributed by atoms with Crippen LogP contribution in [-0.2, 0) is 0 Å². The summed E-state index contributed by atoms with van der Waals surface area (Å²) in [5.74, 6) is 0. The number of benzene rings is 2. The fourth-order valence-corrected chi connectivity index (χ4v) is 4.32. The number of hydrogen-bond acceptors (Lipinski definition) is 1. The average Bonchev–Trinajstić information content (AvgIpc) is 3.07. The van der Waals surface area contributed by atoms with Gasteiger partial charge < -0.3 is 9.88 Å². The number of aryl methyl sites for hydroxylation is 2. The Labute approximate surface area is 167 Å². The van der Waals surface area contributed by atoms with Crippen molar-refractivity contribution in [1.29, 1.82) is 0 Å². The van der Waals surface area contributed by atoms with Gasteiger partial charge in [0, 0.05) is 23.3 Å². The molecule has 2 atom stereocenters. The minimum absolute atomic E-state index is 0.351. The van der Waals surface area contributed by atoms with E-state index in [0.29, 0.717) is 12.1 Å². The smallest absolute Gasteiger partial charge is 0.190 e. The van der Waals surface area contributed by atoms with Crippen LogP contribution in [0.4, 0.5) is 5.69 Å². The molecule has 0 saturated carbocycles. The van der Waals surface area contributed by atoms with Gasteiger partial charge in [0.2, 0.25) is 0 Å². The van der Waals surface area contributed by atoms with Crippen LogP contribution in [0, 0.1) is 27.3 Å². The first-order valence-electron chi connectivity index (χ1n) is 9.98. The molecule has 0 bridgehead atoms. The Balaban J connectivity index is 1.96. The second kappa shape index (κ2) is 7.30. The Kier molecular flexibility index (Phi) is 4.83. The highest BCUT2D eigenvalue weighted by Crippen LogP contribution is 2.39. The first-order valence-corrected chi connectivity index (χ1v) is 9.98. The molecule has 1 aliphatic carbocycles. The molecular formula is C25H27N3. The van der Waals surface area contributed by atoms with Crippen LogP contribution in [0.15, 0.2) is 48.7 Å². The van der Waals surface area contributed by atoms with E-state index in [1.165, 1.54) is 33.2 Å². The number of nitrogens with zero attached hydrogens (tertiary/aromatic N) is 2. The first-order chi connectivity index (χ1) is 13.5. The predicted octanol–water partition coefficient (Wildman–Crippen LogP) is 6.26. The number of fused-ring (bicyclic) bond motifs is 1. The molecule has 2 unspecified atom stereocenters. The maximum atomic E-state index is 7.56. The summed E-state index contributed by atoms with van der Waals surface area (Å²) >= 11 is 0. The molecule has 4 rings (SSSR count).